The predicted octanol–water partition coefficient (Wildman–Crippen LogP) is 11.9. The third kappa shape index (κ3) is 11.3. The lowest BCUT2D eigenvalue weighted by Crippen LogP contribution is -1.97. The van der Waals surface area contributed by atoms with Crippen LogP contribution in [0, 0.1) is 17.7 Å². The highest BCUT2D eigenvalue weighted by Crippen LogP contribution is 2.29. The molecule has 42 heavy (non-hydrogen) atoms. The highest BCUT2D eigenvalue weighted by Gasteiger charge is 2.17. The fourth-order valence-electron chi connectivity index (χ4n) is 4.87. The van der Waals surface area contributed by atoms with Crippen molar-refractivity contribution in [3.63, 3.8) is 0 Å². The van der Waals surface area contributed by atoms with Gasteiger partial charge in [-0.1, -0.05) is 131 Å². The van der Waals surface area contributed by atoms with Crippen molar-refractivity contribution in [1.29, 1.82) is 0 Å². The molecule has 1 aromatic rings. The van der Waals surface area contributed by atoms with Crippen molar-refractivity contribution in [1.82, 2.24) is 0 Å². The summed E-state index contributed by atoms with van der Waals surface area (Å²) in [6, 6.07) is 6.52. The number of rotatable bonds is 6. The number of benzene rings is 1. The van der Waals surface area contributed by atoms with Crippen molar-refractivity contribution < 1.29 is 5.82 Å². The maximum Gasteiger partial charge on any atom is 0.123 e. The molecule has 1 aromatic carbocycles. The normalized spacial score (nSPS) is 19.7. The minimum absolute atomic E-state index is 0. The van der Waals surface area contributed by atoms with Gasteiger partial charge >= 0.3 is 0 Å². The molecule has 1 saturated carbocycles. The molecule has 0 aromatic heterocycles. The summed E-state index contributed by atoms with van der Waals surface area (Å²) in [5.41, 5.74) is 12.2. The van der Waals surface area contributed by atoms with E-state index in [4.69, 9.17) is 4.99 Å². The van der Waals surface area contributed by atoms with Crippen molar-refractivity contribution in [3.8, 4) is 0 Å². The molecule has 0 radical (unpaired) electrons. The van der Waals surface area contributed by atoms with E-state index in [2.05, 4.69) is 101 Å². The quantitative estimate of drug-likeness (QED) is 0.185. The van der Waals surface area contributed by atoms with E-state index in [9.17, 15) is 4.39 Å². The number of aliphatic imine (C=N–C) groups is 1. The maximum absolute atomic E-state index is 13.1. The van der Waals surface area contributed by atoms with Crippen LogP contribution in [0.1, 0.15) is 86.6 Å². The van der Waals surface area contributed by atoms with Gasteiger partial charge < -0.3 is 0 Å². The monoisotopic (exact) mass is 563 g/mol. The summed E-state index contributed by atoms with van der Waals surface area (Å²) >= 11 is 0. The van der Waals surface area contributed by atoms with Crippen LogP contribution in [0.5, 0.6) is 0 Å². The molecule has 1 fully saturated rings. The van der Waals surface area contributed by atoms with E-state index in [0.717, 1.165) is 58.9 Å². The number of halogens is 1. The van der Waals surface area contributed by atoms with Crippen LogP contribution in [0.2, 0.25) is 0 Å². The minimum atomic E-state index is -0.225. The zero-order valence-corrected chi connectivity index (χ0v) is 26.3. The van der Waals surface area contributed by atoms with Gasteiger partial charge in [0, 0.05) is 19.5 Å². The maximum atomic E-state index is 13.1. The van der Waals surface area contributed by atoms with Crippen LogP contribution in [-0.4, -0.2) is 5.71 Å². The van der Waals surface area contributed by atoms with Crippen LogP contribution in [0.25, 0.3) is 0 Å². The Bertz CT molecular complexity index is 1390. The first kappa shape index (κ1) is 32.8. The smallest absolute Gasteiger partial charge is 0.123 e. The average Bonchev–Trinajstić information content (AvgIpc) is 3.51. The lowest BCUT2D eigenvalue weighted by molar-refractivity contribution is 0.612. The van der Waals surface area contributed by atoms with Gasteiger partial charge in [0.15, 0.2) is 0 Å². The van der Waals surface area contributed by atoms with Crippen LogP contribution in [0.3, 0.4) is 0 Å². The average molecular weight is 564 g/mol. The zero-order valence-electron chi connectivity index (χ0n) is 26.3. The van der Waals surface area contributed by atoms with E-state index in [-0.39, 0.29) is 7.24 Å². The Morgan fingerprint density at radius 1 is 1.07 bits per heavy atom. The van der Waals surface area contributed by atoms with Crippen molar-refractivity contribution in [2.75, 3.05) is 0 Å². The Balaban J connectivity index is 0.000000298. The van der Waals surface area contributed by atoms with Gasteiger partial charge in [-0.15, -0.1) is 5.73 Å². The predicted molar refractivity (Wildman–Crippen MR) is 183 cm³/mol. The van der Waals surface area contributed by atoms with Crippen LogP contribution in [0.15, 0.2) is 142 Å². The summed E-state index contributed by atoms with van der Waals surface area (Å²) in [5.74, 6) is 1.27. The molecule has 1 aliphatic heterocycles. The third-order valence-corrected chi connectivity index (χ3v) is 7.72. The highest BCUT2D eigenvalue weighted by atomic mass is 19.1. The SMILES string of the molecule is C=C(C)/C=C\C/C=C(\C)CC.CC1C=CC=C(C2=C=CC3=C(C=C2)CC(c2ccc(F)cc2)=N3)C=C1.CC1CCCC1.[HH]. The molecule has 0 bridgehead atoms. The molecule has 0 amide bonds. The van der Waals surface area contributed by atoms with E-state index in [1.54, 1.807) is 12.1 Å². The molecule has 5 rings (SSSR count). The molecule has 1 heterocycles. The molecular weight excluding hydrogens is 513 g/mol. The summed E-state index contributed by atoms with van der Waals surface area (Å²) < 4.78 is 13.1. The van der Waals surface area contributed by atoms with Crippen molar-refractivity contribution in [2.24, 2.45) is 16.8 Å². The van der Waals surface area contributed by atoms with Gasteiger partial charge in [-0.3, -0.25) is 4.99 Å². The van der Waals surface area contributed by atoms with Gasteiger partial charge in [-0.2, -0.15) is 0 Å². The van der Waals surface area contributed by atoms with Gasteiger partial charge in [-0.05, 0) is 73.4 Å². The highest BCUT2D eigenvalue weighted by molar-refractivity contribution is 6.05. The number of allylic oxidation sites excluding steroid dienone is 15. The Hall–Kier alpha value is -3.74. The molecule has 1 atom stereocenters. The zero-order chi connectivity index (χ0) is 30.3. The summed E-state index contributed by atoms with van der Waals surface area (Å²) in [6.07, 6.45) is 32.2. The molecule has 0 spiro atoms. The van der Waals surface area contributed by atoms with Gasteiger partial charge in [0.1, 0.15) is 5.82 Å². The first-order chi connectivity index (χ1) is 20.2. The van der Waals surface area contributed by atoms with E-state index < -0.39 is 0 Å². The Labute approximate surface area is 255 Å². The molecule has 2 heteroatoms. The first-order valence-corrected chi connectivity index (χ1v) is 15.5. The van der Waals surface area contributed by atoms with E-state index >= 15 is 0 Å². The van der Waals surface area contributed by atoms with Crippen molar-refractivity contribution in [2.45, 2.75) is 79.6 Å². The summed E-state index contributed by atoms with van der Waals surface area (Å²) in [5, 5.41) is 0. The standard InChI is InChI=1S/C23H18FN.C11H18.C6H12.H2/c1-16-3-2-4-17(6-5-16)18-7-8-20-15-23(25-22(20)14-11-18)19-9-12-21(24)13-10-19;1-5-11(4)9-7-6-8-10(2)3;1-6-4-2-3-5-6;/h2-10,12-14,16H,15H2,1H3;6,8-9H,2,5,7H2,1,3-4H3;6H,2-5H2,1H3;1H/b;8-6-,11-9+;;. The Kier molecular flexibility index (Phi) is 13.5. The van der Waals surface area contributed by atoms with Gasteiger partial charge in [0.05, 0.1) is 11.4 Å². The van der Waals surface area contributed by atoms with Crippen molar-refractivity contribution >= 4 is 5.71 Å². The molecule has 4 aliphatic rings. The second-order valence-corrected chi connectivity index (χ2v) is 11.7. The van der Waals surface area contributed by atoms with Crippen LogP contribution < -0.4 is 0 Å². The van der Waals surface area contributed by atoms with E-state index in [0.29, 0.717) is 5.92 Å². The molecule has 0 saturated heterocycles. The van der Waals surface area contributed by atoms with Gasteiger partial charge in [0.25, 0.3) is 0 Å². The summed E-state index contributed by atoms with van der Waals surface area (Å²) in [6.45, 7) is 14.6. The molecule has 0 N–H and O–H groups in total. The van der Waals surface area contributed by atoms with Crippen LogP contribution in [-0.2, 0) is 0 Å². The Morgan fingerprint density at radius 2 is 1.81 bits per heavy atom. The van der Waals surface area contributed by atoms with Gasteiger partial charge in [-0.25, -0.2) is 4.39 Å². The number of hydrogen-bond acceptors (Lipinski definition) is 1. The molecule has 1 nitrogen and oxygen atoms in total. The largest absolute Gasteiger partial charge is 0.252 e. The molecule has 222 valence electrons. The first-order valence-electron chi connectivity index (χ1n) is 15.5. The third-order valence-electron chi connectivity index (χ3n) is 7.72. The molecule has 3 aliphatic carbocycles. The summed E-state index contributed by atoms with van der Waals surface area (Å²) in [4.78, 5) is 4.72. The van der Waals surface area contributed by atoms with Gasteiger partial charge in [0.2, 0.25) is 0 Å². The minimum Gasteiger partial charge on any atom is -0.252 e. The van der Waals surface area contributed by atoms with E-state index in [1.165, 1.54) is 49.0 Å². The molecular formula is C40H50FN. The second kappa shape index (κ2) is 17.3. The molecule has 1 unspecified atom stereocenters. The van der Waals surface area contributed by atoms with Crippen molar-refractivity contribution in [3.05, 3.63) is 148 Å². The second-order valence-electron chi connectivity index (χ2n) is 11.7. The number of nitrogens with zero attached hydrogens (tertiary/aromatic N) is 1. The number of hydrogen-bond donors (Lipinski definition) is 0. The lowest BCUT2D eigenvalue weighted by atomic mass is 10.0. The van der Waals surface area contributed by atoms with Crippen LogP contribution in [0.4, 0.5) is 4.39 Å². The van der Waals surface area contributed by atoms with Crippen LogP contribution >= 0.6 is 0 Å². The van der Waals surface area contributed by atoms with E-state index in [1.807, 2.05) is 13.0 Å². The fourth-order valence-corrected chi connectivity index (χ4v) is 4.87. The Morgan fingerprint density at radius 3 is 2.45 bits per heavy atom. The topological polar surface area (TPSA) is 12.4 Å². The summed E-state index contributed by atoms with van der Waals surface area (Å²) in [7, 11) is 0. The lowest BCUT2D eigenvalue weighted by Gasteiger charge is -2.02. The fraction of sp³-hybridized carbons (Fsp3) is 0.350.